The summed E-state index contributed by atoms with van der Waals surface area (Å²) in [5.41, 5.74) is 6.02. The molecular weight excluding hydrogens is 193 g/mol. The Balaban J connectivity index is 3.50. The quantitative estimate of drug-likeness (QED) is 0.561. The van der Waals surface area contributed by atoms with Crippen molar-refractivity contribution in [3.63, 3.8) is 0 Å². The minimum Gasteiger partial charge on any atom is -0.395 e. The Morgan fingerprint density at radius 2 is 2.15 bits per heavy atom. The maximum atomic E-state index is 13.0. The number of nitrogen functional groups attached to an aromatic ring is 1. The van der Waals surface area contributed by atoms with Gasteiger partial charge in [0.05, 0.1) is 10.7 Å². The van der Waals surface area contributed by atoms with Crippen LogP contribution in [0, 0.1) is 12.7 Å². The number of nitrogens with two attached hydrogens (primary N) is 1. The summed E-state index contributed by atoms with van der Waals surface area (Å²) in [7, 11) is 0. The predicted octanol–water partition coefficient (Wildman–Crippen LogP) is 2.57. The fourth-order valence-corrected chi connectivity index (χ4v) is 1.30. The van der Waals surface area contributed by atoms with E-state index in [2.05, 4.69) is 0 Å². The molecule has 2 N–H and O–H groups in total. The molecular formula is C9H9ClFNO. The third-order valence-corrected chi connectivity index (χ3v) is 2.36. The third kappa shape index (κ3) is 1.65. The molecule has 1 rings (SSSR count). The lowest BCUT2D eigenvalue weighted by Gasteiger charge is -2.07. The second-order valence-electron chi connectivity index (χ2n) is 2.81. The highest BCUT2D eigenvalue weighted by atomic mass is 35.5. The summed E-state index contributed by atoms with van der Waals surface area (Å²) in [5, 5.41) is 0.116. The molecule has 0 saturated carbocycles. The zero-order valence-electron chi connectivity index (χ0n) is 7.32. The largest absolute Gasteiger partial charge is 0.395 e. The number of hydrogen-bond donors (Lipinski definition) is 1. The molecule has 0 spiro atoms. The first-order valence-corrected chi connectivity index (χ1v) is 4.08. The minimum atomic E-state index is -0.652. The van der Waals surface area contributed by atoms with Gasteiger partial charge in [-0.15, -0.1) is 0 Å². The van der Waals surface area contributed by atoms with Gasteiger partial charge in [0.15, 0.2) is 5.78 Å². The molecule has 0 amide bonds. The number of anilines is 1. The van der Waals surface area contributed by atoms with Crippen LogP contribution in [-0.4, -0.2) is 5.78 Å². The van der Waals surface area contributed by atoms with Crippen molar-refractivity contribution >= 4 is 23.1 Å². The lowest BCUT2D eigenvalue weighted by molar-refractivity contribution is 0.101. The smallest absolute Gasteiger partial charge is 0.160 e. The number of halogens is 2. The summed E-state index contributed by atoms with van der Waals surface area (Å²) >= 11 is 5.71. The molecule has 0 aromatic heterocycles. The van der Waals surface area contributed by atoms with Gasteiger partial charge in [0.25, 0.3) is 0 Å². The van der Waals surface area contributed by atoms with Gasteiger partial charge < -0.3 is 5.73 Å². The molecule has 70 valence electrons. The van der Waals surface area contributed by atoms with Gasteiger partial charge in [0.2, 0.25) is 0 Å². The van der Waals surface area contributed by atoms with Crippen molar-refractivity contribution in [3.8, 4) is 0 Å². The van der Waals surface area contributed by atoms with Crippen molar-refractivity contribution in [2.75, 3.05) is 5.73 Å². The summed E-state index contributed by atoms with van der Waals surface area (Å²) in [6.07, 6.45) is 0. The molecule has 13 heavy (non-hydrogen) atoms. The van der Waals surface area contributed by atoms with E-state index in [1.54, 1.807) is 6.92 Å². The zero-order valence-corrected chi connectivity index (χ0v) is 8.07. The van der Waals surface area contributed by atoms with Crippen LogP contribution < -0.4 is 5.73 Å². The van der Waals surface area contributed by atoms with E-state index in [9.17, 15) is 9.18 Å². The van der Waals surface area contributed by atoms with Crippen molar-refractivity contribution in [3.05, 3.63) is 28.0 Å². The van der Waals surface area contributed by atoms with Crippen LogP contribution in [0.1, 0.15) is 22.8 Å². The van der Waals surface area contributed by atoms with Crippen LogP contribution in [0.3, 0.4) is 0 Å². The second-order valence-corrected chi connectivity index (χ2v) is 3.19. The fourth-order valence-electron chi connectivity index (χ4n) is 1.10. The van der Waals surface area contributed by atoms with Gasteiger partial charge >= 0.3 is 0 Å². The summed E-state index contributed by atoms with van der Waals surface area (Å²) in [6.45, 7) is 2.99. The fraction of sp³-hybridized carbons (Fsp3) is 0.222. The highest BCUT2D eigenvalue weighted by Gasteiger charge is 2.13. The highest BCUT2D eigenvalue weighted by Crippen LogP contribution is 2.28. The molecule has 1 aromatic carbocycles. The van der Waals surface area contributed by atoms with Crippen LogP contribution in [0.15, 0.2) is 6.07 Å². The molecule has 0 saturated heterocycles. The molecule has 0 unspecified atom stereocenters. The van der Waals surface area contributed by atoms with Crippen LogP contribution in [0.4, 0.5) is 10.1 Å². The molecule has 0 bridgehead atoms. The standard InChI is InChI=1S/C9H9ClFNO/c1-4-6(5(2)13)3-7(11)9(12)8(4)10/h3H,12H2,1-2H3. The number of rotatable bonds is 1. The molecule has 0 fully saturated rings. The van der Waals surface area contributed by atoms with Crippen LogP contribution in [0.5, 0.6) is 0 Å². The van der Waals surface area contributed by atoms with Crippen molar-refractivity contribution in [1.29, 1.82) is 0 Å². The molecule has 0 aliphatic carbocycles. The first kappa shape index (κ1) is 9.99. The Kier molecular flexibility index (Phi) is 2.57. The van der Waals surface area contributed by atoms with Crippen LogP contribution in [-0.2, 0) is 0 Å². The van der Waals surface area contributed by atoms with E-state index in [0.29, 0.717) is 5.56 Å². The summed E-state index contributed by atoms with van der Waals surface area (Å²) < 4.78 is 13.0. The number of Topliss-reactive ketones (excluding diaryl/α,β-unsaturated/α-hetero) is 1. The van der Waals surface area contributed by atoms with Gasteiger partial charge in [0.1, 0.15) is 5.82 Å². The van der Waals surface area contributed by atoms with Crippen molar-refractivity contribution in [2.24, 2.45) is 0 Å². The van der Waals surface area contributed by atoms with E-state index in [-0.39, 0.29) is 22.1 Å². The number of ketones is 1. The lowest BCUT2D eigenvalue weighted by Crippen LogP contribution is -2.02. The Bertz CT molecular complexity index is 376. The lowest BCUT2D eigenvalue weighted by atomic mass is 10.0. The van der Waals surface area contributed by atoms with E-state index in [1.807, 2.05) is 0 Å². The van der Waals surface area contributed by atoms with Crippen molar-refractivity contribution in [1.82, 2.24) is 0 Å². The number of carbonyl (C=O) groups is 1. The van der Waals surface area contributed by atoms with E-state index < -0.39 is 5.82 Å². The molecule has 0 radical (unpaired) electrons. The summed E-state index contributed by atoms with van der Waals surface area (Å²) in [5.74, 6) is -0.876. The van der Waals surface area contributed by atoms with Crippen molar-refractivity contribution in [2.45, 2.75) is 13.8 Å². The van der Waals surface area contributed by atoms with Crippen molar-refractivity contribution < 1.29 is 9.18 Å². The molecule has 2 nitrogen and oxygen atoms in total. The maximum Gasteiger partial charge on any atom is 0.160 e. The SMILES string of the molecule is CC(=O)c1cc(F)c(N)c(Cl)c1C. The first-order chi connectivity index (χ1) is 5.95. The predicted molar refractivity (Wildman–Crippen MR) is 50.6 cm³/mol. The highest BCUT2D eigenvalue weighted by molar-refractivity contribution is 6.34. The van der Waals surface area contributed by atoms with Gasteiger partial charge in [0, 0.05) is 5.56 Å². The Morgan fingerprint density at radius 1 is 1.62 bits per heavy atom. The van der Waals surface area contributed by atoms with Gasteiger partial charge in [-0.1, -0.05) is 11.6 Å². The Labute approximate surface area is 80.5 Å². The Morgan fingerprint density at radius 3 is 2.62 bits per heavy atom. The first-order valence-electron chi connectivity index (χ1n) is 3.70. The van der Waals surface area contributed by atoms with Gasteiger partial charge in [-0.2, -0.15) is 0 Å². The van der Waals surface area contributed by atoms with E-state index in [4.69, 9.17) is 17.3 Å². The minimum absolute atomic E-state index is 0.107. The third-order valence-electron chi connectivity index (χ3n) is 1.88. The molecule has 0 heterocycles. The average molecular weight is 202 g/mol. The Hall–Kier alpha value is -1.09. The topological polar surface area (TPSA) is 43.1 Å². The molecule has 0 aliphatic heterocycles. The summed E-state index contributed by atoms with van der Waals surface area (Å²) in [6, 6.07) is 1.11. The van der Waals surface area contributed by atoms with Crippen LogP contribution >= 0.6 is 11.6 Å². The second kappa shape index (κ2) is 3.34. The molecule has 0 atom stereocenters. The van der Waals surface area contributed by atoms with Crippen LogP contribution in [0.2, 0.25) is 5.02 Å². The molecule has 4 heteroatoms. The maximum absolute atomic E-state index is 13.0. The zero-order chi connectivity index (χ0) is 10.2. The van der Waals surface area contributed by atoms with Gasteiger partial charge in [-0.05, 0) is 25.5 Å². The van der Waals surface area contributed by atoms with E-state index in [1.165, 1.54) is 6.92 Å². The summed E-state index contributed by atoms with van der Waals surface area (Å²) in [4.78, 5) is 11.0. The normalized spacial score (nSPS) is 10.2. The number of hydrogen-bond acceptors (Lipinski definition) is 2. The number of benzene rings is 1. The van der Waals surface area contributed by atoms with Gasteiger partial charge in [-0.3, -0.25) is 4.79 Å². The van der Waals surface area contributed by atoms with E-state index in [0.717, 1.165) is 6.07 Å². The number of carbonyl (C=O) groups excluding carboxylic acids is 1. The average Bonchev–Trinajstić information content (AvgIpc) is 2.07. The van der Waals surface area contributed by atoms with E-state index >= 15 is 0 Å². The monoisotopic (exact) mass is 201 g/mol. The van der Waals surface area contributed by atoms with Crippen LogP contribution in [0.25, 0.3) is 0 Å². The molecule has 0 aliphatic rings. The van der Waals surface area contributed by atoms with Gasteiger partial charge in [-0.25, -0.2) is 4.39 Å². The molecule has 1 aromatic rings.